The van der Waals surface area contributed by atoms with Crippen molar-refractivity contribution in [2.24, 2.45) is 0 Å². The van der Waals surface area contributed by atoms with E-state index in [2.05, 4.69) is 38.5 Å². The largest absolute Gasteiger partial charge is 0.459 e. The Morgan fingerprint density at radius 3 is 2.59 bits per heavy atom. The second kappa shape index (κ2) is 6.65. The van der Waals surface area contributed by atoms with Gasteiger partial charge in [0.1, 0.15) is 12.2 Å². The minimum Gasteiger partial charge on any atom is -0.459 e. The predicted octanol–water partition coefficient (Wildman–Crippen LogP) is 1.85. The van der Waals surface area contributed by atoms with Crippen molar-refractivity contribution in [3.8, 4) is 0 Å². The third kappa shape index (κ3) is 4.30. The lowest BCUT2D eigenvalue weighted by atomic mass is 10.1. The molecule has 0 aromatic rings. The zero-order chi connectivity index (χ0) is 13.1. The highest BCUT2D eigenvalue weighted by atomic mass is 127. The van der Waals surface area contributed by atoms with Gasteiger partial charge in [-0.3, -0.25) is 4.79 Å². The first-order valence-electron chi connectivity index (χ1n) is 5.13. The van der Waals surface area contributed by atoms with Crippen molar-refractivity contribution in [2.45, 2.75) is 40.8 Å². The topological polar surface area (TPSA) is 54.0 Å². The van der Waals surface area contributed by atoms with Crippen LogP contribution in [0.5, 0.6) is 0 Å². The maximum Gasteiger partial charge on any atom is 0.293 e. The van der Waals surface area contributed by atoms with E-state index in [-0.39, 0.29) is 15.0 Å². The predicted molar refractivity (Wildman–Crippen MR) is 73.4 cm³/mol. The fraction of sp³-hybridized carbons (Fsp3) is 0.900. The van der Waals surface area contributed by atoms with E-state index >= 15 is 0 Å². The van der Waals surface area contributed by atoms with Crippen molar-refractivity contribution in [2.75, 3.05) is 13.7 Å². The zero-order valence-electron chi connectivity index (χ0n) is 9.89. The van der Waals surface area contributed by atoms with Gasteiger partial charge in [0.2, 0.25) is 0 Å². The molecule has 0 spiro atoms. The molecule has 17 heavy (non-hydrogen) atoms. The number of methoxy groups -OCH3 is 1. The van der Waals surface area contributed by atoms with Gasteiger partial charge in [0.15, 0.2) is 11.9 Å². The summed E-state index contributed by atoms with van der Waals surface area (Å²) in [6.45, 7) is 4.43. The Bertz CT molecular complexity index is 261. The molecule has 1 heterocycles. The van der Waals surface area contributed by atoms with Gasteiger partial charge in [-0.15, -0.1) is 0 Å². The Labute approximate surface area is 123 Å². The van der Waals surface area contributed by atoms with E-state index in [4.69, 9.17) is 18.9 Å². The van der Waals surface area contributed by atoms with Gasteiger partial charge in [-0.05, 0) is 13.8 Å². The summed E-state index contributed by atoms with van der Waals surface area (Å²) < 4.78 is 21.6. The molecule has 0 N–H and O–H groups in total. The lowest BCUT2D eigenvalue weighted by Crippen LogP contribution is -2.45. The third-order valence-corrected chi connectivity index (χ3v) is 3.68. The van der Waals surface area contributed by atoms with Gasteiger partial charge < -0.3 is 18.9 Å². The summed E-state index contributed by atoms with van der Waals surface area (Å²) in [6.07, 6.45) is -1.13. The smallest absolute Gasteiger partial charge is 0.293 e. The number of ether oxygens (including phenoxy) is 4. The number of halogens is 2. The lowest BCUT2D eigenvalue weighted by molar-refractivity contribution is -0.174. The average molecular weight is 423 g/mol. The molecule has 1 aliphatic rings. The summed E-state index contributed by atoms with van der Waals surface area (Å²) in [7, 11) is 1.57. The van der Waals surface area contributed by atoms with Crippen LogP contribution in [0.25, 0.3) is 0 Å². The van der Waals surface area contributed by atoms with Crippen LogP contribution >= 0.6 is 38.5 Å². The minimum atomic E-state index is -0.652. The van der Waals surface area contributed by atoms with Gasteiger partial charge in [-0.1, -0.05) is 38.5 Å². The Kier molecular flexibility index (Phi) is 6.11. The van der Waals surface area contributed by atoms with Crippen LogP contribution in [0.4, 0.5) is 0 Å². The van der Waals surface area contributed by atoms with E-state index in [9.17, 15) is 4.79 Å². The second-order valence-electron chi connectivity index (χ2n) is 4.10. The summed E-state index contributed by atoms with van der Waals surface area (Å²) in [5, 5.41) is 0. The number of hydrogen-bond donors (Lipinski definition) is 0. The summed E-state index contributed by atoms with van der Waals surface area (Å²) in [6, 6.07) is 0. The van der Waals surface area contributed by atoms with Crippen molar-refractivity contribution in [1.29, 1.82) is 0 Å². The van der Waals surface area contributed by atoms with Crippen LogP contribution in [0.1, 0.15) is 13.8 Å². The molecule has 1 unspecified atom stereocenters. The maximum absolute atomic E-state index is 10.6. The van der Waals surface area contributed by atoms with Gasteiger partial charge in [-0.2, -0.15) is 0 Å². The van der Waals surface area contributed by atoms with Crippen molar-refractivity contribution in [3.05, 3.63) is 0 Å². The van der Waals surface area contributed by atoms with E-state index in [0.717, 1.165) is 0 Å². The van der Waals surface area contributed by atoms with E-state index in [0.29, 0.717) is 13.1 Å². The van der Waals surface area contributed by atoms with E-state index in [1.54, 1.807) is 7.11 Å². The molecule has 0 aromatic carbocycles. The number of rotatable bonds is 6. The van der Waals surface area contributed by atoms with Crippen LogP contribution < -0.4 is 0 Å². The quantitative estimate of drug-likeness (QED) is 0.371. The number of carbonyl (C=O) groups excluding carboxylic acids is 1. The summed E-state index contributed by atoms with van der Waals surface area (Å²) in [4.78, 5) is 10.6. The normalized spacial score (nSPS) is 28.4. The molecule has 0 radical (unpaired) electrons. The molecule has 0 bridgehead atoms. The van der Waals surface area contributed by atoms with Crippen molar-refractivity contribution >= 4 is 45.0 Å². The number of carbonyl (C=O) groups is 1. The van der Waals surface area contributed by atoms with Crippen LogP contribution in [0, 0.1) is 0 Å². The molecule has 0 amide bonds. The second-order valence-corrected chi connectivity index (χ2v) is 8.14. The summed E-state index contributed by atoms with van der Waals surface area (Å²) in [5.41, 5.74) is 0. The average Bonchev–Trinajstić information content (AvgIpc) is 2.58. The SMILES string of the molecule is CO[C@H](C(Br)I)[C@@H](OC=O)[C@H]1COC(C)(C)O1. The van der Waals surface area contributed by atoms with E-state index in [1.165, 1.54) is 0 Å². The molecular weight excluding hydrogens is 407 g/mol. The molecule has 1 aliphatic heterocycles. The van der Waals surface area contributed by atoms with Crippen LogP contribution in [0.2, 0.25) is 0 Å². The van der Waals surface area contributed by atoms with Gasteiger partial charge in [-0.25, -0.2) is 0 Å². The molecule has 1 saturated heterocycles. The fourth-order valence-electron chi connectivity index (χ4n) is 1.70. The first kappa shape index (κ1) is 15.6. The highest BCUT2D eigenvalue weighted by molar-refractivity contribution is 14.1. The van der Waals surface area contributed by atoms with Crippen LogP contribution in [-0.4, -0.2) is 47.1 Å². The van der Waals surface area contributed by atoms with Gasteiger partial charge in [0.25, 0.3) is 6.47 Å². The molecule has 0 aromatic heterocycles. The molecule has 1 fully saturated rings. The standard InChI is InChI=1S/C10H16BrIO5/c1-10(2)16-4-6(17-10)7(15-5-13)8(14-3)9(11)12/h5-9H,4H2,1-3H3/t6-,7+,8+,9?/m1/s1. The molecule has 4 atom stereocenters. The summed E-state index contributed by atoms with van der Waals surface area (Å²) in [5.74, 6) is -0.652. The van der Waals surface area contributed by atoms with Gasteiger partial charge in [0.05, 0.1) is 9.44 Å². The zero-order valence-corrected chi connectivity index (χ0v) is 13.6. The molecule has 0 saturated carbocycles. The Morgan fingerprint density at radius 2 is 2.24 bits per heavy atom. The molecule has 7 heteroatoms. The van der Waals surface area contributed by atoms with Gasteiger partial charge in [0, 0.05) is 7.11 Å². The highest BCUT2D eigenvalue weighted by Crippen LogP contribution is 2.30. The van der Waals surface area contributed by atoms with E-state index in [1.807, 2.05) is 13.8 Å². The van der Waals surface area contributed by atoms with Crippen molar-refractivity contribution in [3.63, 3.8) is 0 Å². The lowest BCUT2D eigenvalue weighted by Gasteiger charge is -2.29. The Balaban J connectivity index is 2.75. The minimum absolute atomic E-state index is 0.00219. The molecule has 0 aliphatic carbocycles. The molecule has 100 valence electrons. The third-order valence-electron chi connectivity index (χ3n) is 2.45. The summed E-state index contributed by atoms with van der Waals surface area (Å²) >= 11 is 5.57. The van der Waals surface area contributed by atoms with Crippen LogP contribution in [0.3, 0.4) is 0 Å². The van der Waals surface area contributed by atoms with E-state index < -0.39 is 11.9 Å². The molecular formula is C10H16BrIO5. The maximum atomic E-state index is 10.6. The number of alkyl halides is 2. The van der Waals surface area contributed by atoms with Crippen LogP contribution in [-0.2, 0) is 23.7 Å². The van der Waals surface area contributed by atoms with Crippen LogP contribution in [0.15, 0.2) is 0 Å². The first-order chi connectivity index (χ1) is 7.91. The Hall–Kier alpha value is 0.560. The van der Waals surface area contributed by atoms with Crippen molar-refractivity contribution < 1.29 is 23.7 Å². The fourth-order valence-corrected chi connectivity index (χ4v) is 2.92. The molecule has 5 nitrogen and oxygen atoms in total. The van der Waals surface area contributed by atoms with Gasteiger partial charge >= 0.3 is 0 Å². The highest BCUT2D eigenvalue weighted by Gasteiger charge is 2.43. The van der Waals surface area contributed by atoms with Crippen molar-refractivity contribution in [1.82, 2.24) is 0 Å². The Morgan fingerprint density at radius 1 is 1.59 bits per heavy atom. The number of hydrogen-bond acceptors (Lipinski definition) is 5. The monoisotopic (exact) mass is 422 g/mol. The molecule has 1 rings (SSSR count). The first-order valence-corrected chi connectivity index (χ1v) is 7.29.